The van der Waals surface area contributed by atoms with Crippen LogP contribution in [0, 0.1) is 13.8 Å². The molecule has 0 unspecified atom stereocenters. The second kappa shape index (κ2) is 13.1. The van der Waals surface area contributed by atoms with Gasteiger partial charge >= 0.3 is 5.97 Å². The van der Waals surface area contributed by atoms with Crippen molar-refractivity contribution in [3.05, 3.63) is 120 Å². The van der Waals surface area contributed by atoms with E-state index in [1.54, 1.807) is 18.6 Å². The lowest BCUT2D eigenvalue weighted by Gasteiger charge is -2.28. The van der Waals surface area contributed by atoms with Crippen molar-refractivity contribution >= 4 is 39.8 Å². The number of hydrogen-bond donors (Lipinski definition) is 0. The number of anilines is 1. The number of fused-ring (bicyclic) bond motifs is 2. The van der Waals surface area contributed by atoms with Crippen molar-refractivity contribution in [2.24, 2.45) is 4.99 Å². The number of thiazole rings is 1. The molecule has 0 amide bonds. The first kappa shape index (κ1) is 32.1. The van der Waals surface area contributed by atoms with Crippen molar-refractivity contribution in [3.8, 4) is 11.4 Å². The first-order valence-electron chi connectivity index (χ1n) is 15.9. The lowest BCUT2D eigenvalue weighted by molar-refractivity contribution is -0.139. The van der Waals surface area contributed by atoms with Crippen LogP contribution in [0.2, 0.25) is 0 Å². The van der Waals surface area contributed by atoms with Gasteiger partial charge in [0.15, 0.2) is 4.80 Å². The minimum absolute atomic E-state index is 0.207. The molecule has 6 rings (SSSR count). The van der Waals surface area contributed by atoms with Crippen molar-refractivity contribution in [1.82, 2.24) is 9.13 Å². The fraction of sp³-hybridized carbons (Fsp3) is 0.289. The second-order valence-corrected chi connectivity index (χ2v) is 12.9. The number of methoxy groups -OCH3 is 1. The lowest BCUT2D eigenvalue weighted by Crippen LogP contribution is -2.40. The van der Waals surface area contributed by atoms with Gasteiger partial charge in [0.2, 0.25) is 0 Å². The molecule has 3 aromatic carbocycles. The zero-order chi connectivity index (χ0) is 33.4. The minimum atomic E-state index is -0.780. The van der Waals surface area contributed by atoms with Crippen LogP contribution in [0.5, 0.6) is 5.75 Å². The van der Waals surface area contributed by atoms with Crippen LogP contribution in [-0.4, -0.2) is 42.9 Å². The molecule has 5 aromatic rings. The summed E-state index contributed by atoms with van der Waals surface area (Å²) in [5.41, 5.74) is 6.75. The van der Waals surface area contributed by atoms with E-state index < -0.39 is 12.0 Å². The number of rotatable bonds is 9. The van der Waals surface area contributed by atoms with E-state index in [4.69, 9.17) is 14.5 Å². The number of aryl methyl sites for hydroxylation is 1. The van der Waals surface area contributed by atoms with E-state index in [1.165, 1.54) is 11.3 Å². The Labute approximate surface area is 278 Å². The van der Waals surface area contributed by atoms with E-state index in [0.29, 0.717) is 32.8 Å². The van der Waals surface area contributed by atoms with Crippen molar-refractivity contribution in [1.29, 1.82) is 0 Å². The van der Waals surface area contributed by atoms with Gasteiger partial charge in [0.05, 0.1) is 29.5 Å². The van der Waals surface area contributed by atoms with Crippen LogP contribution >= 0.6 is 11.3 Å². The molecular formula is C38H40N4O4S. The second-order valence-electron chi connectivity index (χ2n) is 11.9. The standard InChI is InChI=1S/C38H40N4O4S/c1-8-12-30-34(37(44)46-9-2)35(33-29-14-11-10-13-25(29)15-20-31(33)45-7)42-36(43)32(47-38(42)39-30)22-26-21-23(3)41(24(26)4)28-18-16-27(17-19-28)40(5)6/h10-11,13-22,35H,8-9,12H2,1-7H3/b32-22+/t35-/m0/s1. The molecule has 1 atom stereocenters. The predicted octanol–water partition coefficient (Wildman–Crippen LogP) is 6.21. The molecule has 9 heteroatoms. The van der Waals surface area contributed by atoms with Gasteiger partial charge in [0.1, 0.15) is 11.8 Å². The van der Waals surface area contributed by atoms with Crippen LogP contribution < -0.4 is 24.5 Å². The third-order valence-electron chi connectivity index (χ3n) is 8.70. The highest BCUT2D eigenvalue weighted by molar-refractivity contribution is 7.07. The Morgan fingerprint density at radius 1 is 1.04 bits per heavy atom. The first-order valence-corrected chi connectivity index (χ1v) is 16.7. The Morgan fingerprint density at radius 3 is 2.47 bits per heavy atom. The summed E-state index contributed by atoms with van der Waals surface area (Å²) >= 11 is 1.34. The Bertz CT molecular complexity index is 2200. The number of benzene rings is 3. The molecule has 0 bridgehead atoms. The Balaban J connectivity index is 1.60. The monoisotopic (exact) mass is 648 g/mol. The van der Waals surface area contributed by atoms with Crippen LogP contribution in [0.1, 0.15) is 55.2 Å². The van der Waals surface area contributed by atoms with Gasteiger partial charge in [-0.2, -0.15) is 0 Å². The number of esters is 1. The number of allylic oxidation sites excluding steroid dienone is 1. The number of ether oxygens (including phenoxy) is 2. The molecule has 0 N–H and O–H groups in total. The maximum absolute atomic E-state index is 14.6. The van der Waals surface area contributed by atoms with Gasteiger partial charge in [-0.15, -0.1) is 0 Å². The molecule has 0 radical (unpaired) electrons. The average molecular weight is 649 g/mol. The SMILES string of the molecule is CCCC1=C(C(=O)OCC)[C@H](c2c(OC)ccc3ccccc23)n2c(s/c(=C/c3cc(C)n(-c4ccc(N(C)C)cc4)c3C)c2=O)=N1. The van der Waals surface area contributed by atoms with Crippen LogP contribution in [0.4, 0.5) is 5.69 Å². The predicted molar refractivity (Wildman–Crippen MR) is 190 cm³/mol. The Hall–Kier alpha value is -4.89. The van der Waals surface area contributed by atoms with Gasteiger partial charge in [-0.1, -0.05) is 55.0 Å². The molecule has 2 aromatic heterocycles. The van der Waals surface area contributed by atoms with Crippen molar-refractivity contribution in [3.63, 3.8) is 0 Å². The zero-order valence-electron chi connectivity index (χ0n) is 28.0. The molecule has 1 aliphatic rings. The van der Waals surface area contributed by atoms with Gasteiger partial charge in [-0.05, 0) is 86.0 Å². The highest BCUT2D eigenvalue weighted by atomic mass is 32.1. The topological polar surface area (TPSA) is 78.1 Å². The van der Waals surface area contributed by atoms with E-state index >= 15 is 0 Å². The summed E-state index contributed by atoms with van der Waals surface area (Å²) in [5.74, 6) is 0.115. The van der Waals surface area contributed by atoms with Crippen molar-refractivity contribution in [2.45, 2.75) is 46.6 Å². The van der Waals surface area contributed by atoms with E-state index in [2.05, 4.69) is 60.6 Å². The number of carbonyl (C=O) groups excluding carboxylic acids is 1. The quantitative estimate of drug-likeness (QED) is 0.178. The van der Waals surface area contributed by atoms with Gasteiger partial charge in [-0.3, -0.25) is 9.36 Å². The summed E-state index contributed by atoms with van der Waals surface area (Å²) in [5, 5.41) is 1.88. The molecule has 0 saturated heterocycles. The summed E-state index contributed by atoms with van der Waals surface area (Å²) in [7, 11) is 5.66. The van der Waals surface area contributed by atoms with Gasteiger partial charge in [-0.25, -0.2) is 9.79 Å². The molecule has 0 saturated carbocycles. The number of nitrogens with zero attached hydrogens (tertiary/aromatic N) is 4. The smallest absolute Gasteiger partial charge is 0.338 e. The molecule has 0 aliphatic carbocycles. The maximum atomic E-state index is 14.6. The van der Waals surface area contributed by atoms with Crippen LogP contribution in [0.3, 0.4) is 0 Å². The van der Waals surface area contributed by atoms with Crippen LogP contribution in [0.15, 0.2) is 87.8 Å². The summed E-state index contributed by atoms with van der Waals surface area (Å²) in [4.78, 5) is 35.9. The maximum Gasteiger partial charge on any atom is 0.338 e. The van der Waals surface area contributed by atoms with Gasteiger partial charge < -0.3 is 18.9 Å². The van der Waals surface area contributed by atoms with E-state index in [9.17, 15) is 9.59 Å². The highest BCUT2D eigenvalue weighted by Crippen LogP contribution is 2.41. The van der Waals surface area contributed by atoms with Crippen LogP contribution in [0.25, 0.3) is 22.5 Å². The molecular weight excluding hydrogens is 609 g/mol. The fourth-order valence-electron chi connectivity index (χ4n) is 6.50. The fourth-order valence-corrected chi connectivity index (χ4v) is 7.51. The summed E-state index contributed by atoms with van der Waals surface area (Å²) in [6, 6.07) is 21.6. The average Bonchev–Trinajstić information content (AvgIpc) is 3.53. The third-order valence-corrected chi connectivity index (χ3v) is 9.68. The first-order chi connectivity index (χ1) is 22.7. The lowest BCUT2D eigenvalue weighted by atomic mass is 9.90. The number of hydrogen-bond acceptors (Lipinski definition) is 7. The Kier molecular flexibility index (Phi) is 8.92. The Morgan fingerprint density at radius 2 is 1.79 bits per heavy atom. The molecule has 8 nitrogen and oxygen atoms in total. The van der Waals surface area contributed by atoms with Crippen molar-refractivity contribution < 1.29 is 14.3 Å². The van der Waals surface area contributed by atoms with Gasteiger partial charge in [0, 0.05) is 42.4 Å². The molecule has 242 valence electrons. The molecule has 1 aliphatic heterocycles. The highest BCUT2D eigenvalue weighted by Gasteiger charge is 2.37. The van der Waals surface area contributed by atoms with E-state index in [-0.39, 0.29) is 12.2 Å². The normalized spacial score (nSPS) is 14.7. The van der Waals surface area contributed by atoms with Gasteiger partial charge in [0.25, 0.3) is 5.56 Å². The number of aromatic nitrogens is 2. The largest absolute Gasteiger partial charge is 0.496 e. The molecule has 0 spiro atoms. The van der Waals surface area contributed by atoms with E-state index in [0.717, 1.165) is 51.1 Å². The molecule has 3 heterocycles. The van der Waals surface area contributed by atoms with Crippen LogP contribution in [-0.2, 0) is 9.53 Å². The minimum Gasteiger partial charge on any atom is -0.496 e. The third kappa shape index (κ3) is 5.69. The molecule has 0 fully saturated rings. The summed E-state index contributed by atoms with van der Waals surface area (Å²) in [6.07, 6.45) is 3.29. The summed E-state index contributed by atoms with van der Waals surface area (Å²) < 4.78 is 15.9. The zero-order valence-corrected chi connectivity index (χ0v) is 28.8. The molecule has 47 heavy (non-hydrogen) atoms. The number of carbonyl (C=O) groups is 1. The van der Waals surface area contributed by atoms with Crippen molar-refractivity contribution in [2.75, 3.05) is 32.7 Å². The summed E-state index contributed by atoms with van der Waals surface area (Å²) in [6.45, 7) is 8.18. The van der Waals surface area contributed by atoms with E-state index in [1.807, 2.05) is 56.6 Å².